The van der Waals surface area contributed by atoms with Gasteiger partial charge in [-0.15, -0.1) is 0 Å². The second-order valence-electron chi connectivity index (χ2n) is 21.3. The number of carbonyl (C=O) groups excluding carboxylic acids is 1. The van der Waals surface area contributed by atoms with Crippen LogP contribution in [-0.2, 0) is 33.3 Å². The van der Waals surface area contributed by atoms with Gasteiger partial charge >= 0.3 is 13.1 Å². The van der Waals surface area contributed by atoms with Gasteiger partial charge in [0.25, 0.3) is 16.6 Å². The van der Waals surface area contributed by atoms with Crippen LogP contribution in [0.15, 0.2) is 163 Å². The van der Waals surface area contributed by atoms with Crippen LogP contribution in [-0.4, -0.2) is 55.6 Å². The summed E-state index contributed by atoms with van der Waals surface area (Å²) in [6.45, 7) is 23.3. The maximum atomic E-state index is 14.9. The van der Waals surface area contributed by atoms with Crippen LogP contribution < -0.4 is 20.7 Å². The molecule has 5 aromatic carbocycles. The highest BCUT2D eigenvalue weighted by molar-refractivity contribution is 7.00. The Bertz CT molecular complexity index is 2250. The fraction of sp³-hybridized carbons (Fsp3) is 0.411. The zero-order valence-electron chi connectivity index (χ0n) is 40.4. The number of hydrogen-bond donors (Lipinski definition) is 0. The lowest BCUT2D eigenvalue weighted by Crippen LogP contribution is -2.67. The van der Waals surface area contributed by atoms with Crippen molar-refractivity contribution in [3.8, 4) is 0 Å². The van der Waals surface area contributed by atoms with E-state index in [4.69, 9.17) is 22.9 Å². The SMILES string of the molecule is CCOC(=O)C(CB1O[C@@H]2[C@H]3CC[C@](C)(C3(C)C)[C@]2(c2ccccc2)O1)=C(CO[Si](c1ccccc1)(c1ccccc1)C(C)(C)C)CO[Si](c1ccccc1)(c1ccccc1)C(C)(C)C. The van der Waals surface area contributed by atoms with Crippen molar-refractivity contribution in [2.24, 2.45) is 16.7 Å². The van der Waals surface area contributed by atoms with Crippen molar-refractivity contribution in [3.05, 3.63) is 168 Å². The van der Waals surface area contributed by atoms with Crippen molar-refractivity contribution >= 4 is 50.5 Å². The Balaban J connectivity index is 1.30. The quantitative estimate of drug-likeness (QED) is 0.0593. The molecule has 1 heterocycles. The van der Waals surface area contributed by atoms with Crippen LogP contribution >= 0.6 is 0 Å². The first-order valence-corrected chi connectivity index (χ1v) is 27.6. The maximum Gasteiger partial charge on any atom is 0.462 e. The van der Waals surface area contributed by atoms with Crippen molar-refractivity contribution in [2.45, 2.75) is 110 Å². The van der Waals surface area contributed by atoms with Crippen LogP contribution in [0, 0.1) is 16.7 Å². The van der Waals surface area contributed by atoms with Crippen LogP contribution in [0.2, 0.25) is 16.4 Å². The minimum absolute atomic E-state index is 0.0172. The molecule has 4 atom stereocenters. The number of carbonyl (C=O) groups is 1. The third-order valence-electron chi connectivity index (χ3n) is 15.8. The highest BCUT2D eigenvalue weighted by Gasteiger charge is 2.78. The largest absolute Gasteiger partial charge is 0.463 e. The Kier molecular flexibility index (Phi) is 13.1. The predicted octanol–water partition coefficient (Wildman–Crippen LogP) is 10.3. The van der Waals surface area contributed by atoms with Crippen molar-refractivity contribution in [1.82, 2.24) is 0 Å². The van der Waals surface area contributed by atoms with Gasteiger partial charge in [0.1, 0.15) is 5.60 Å². The Labute approximate surface area is 391 Å². The summed E-state index contributed by atoms with van der Waals surface area (Å²) < 4.78 is 36.3. The number of fused-ring (bicyclic) bond motifs is 5. The van der Waals surface area contributed by atoms with Crippen LogP contribution in [0.4, 0.5) is 0 Å². The molecule has 2 aliphatic carbocycles. The predicted molar refractivity (Wildman–Crippen MR) is 270 cm³/mol. The Morgan fingerprint density at radius 2 is 1.05 bits per heavy atom. The minimum atomic E-state index is -3.10. The first-order valence-electron chi connectivity index (χ1n) is 23.7. The van der Waals surface area contributed by atoms with Gasteiger partial charge < -0.3 is 22.9 Å². The van der Waals surface area contributed by atoms with Gasteiger partial charge in [-0.1, -0.05) is 214 Å². The van der Waals surface area contributed by atoms with E-state index in [1.807, 2.05) is 6.92 Å². The van der Waals surface area contributed by atoms with Gasteiger partial charge in [-0.2, -0.15) is 0 Å². The van der Waals surface area contributed by atoms with Crippen LogP contribution in [0.3, 0.4) is 0 Å². The lowest BCUT2D eigenvalue weighted by molar-refractivity contribution is -0.138. The van der Waals surface area contributed by atoms with Crippen molar-refractivity contribution in [1.29, 1.82) is 0 Å². The van der Waals surface area contributed by atoms with Crippen molar-refractivity contribution in [2.75, 3.05) is 19.8 Å². The highest BCUT2D eigenvalue weighted by Crippen LogP contribution is 2.76. The molecule has 65 heavy (non-hydrogen) atoms. The number of rotatable bonds is 15. The highest BCUT2D eigenvalue weighted by atomic mass is 28.4. The fourth-order valence-electron chi connectivity index (χ4n) is 12.3. The molecule has 0 radical (unpaired) electrons. The maximum absolute atomic E-state index is 14.9. The van der Waals surface area contributed by atoms with E-state index in [0.29, 0.717) is 11.5 Å². The number of benzene rings is 5. The number of hydrogen-bond acceptors (Lipinski definition) is 6. The Morgan fingerprint density at radius 3 is 1.43 bits per heavy atom. The number of ether oxygens (including phenoxy) is 1. The molecule has 9 heteroatoms. The zero-order valence-corrected chi connectivity index (χ0v) is 42.4. The molecule has 5 aromatic rings. The van der Waals surface area contributed by atoms with Gasteiger partial charge in [0.05, 0.1) is 25.9 Å². The molecule has 3 fully saturated rings. The standard InChI is InChI=1S/C56H69BO6Si2/c1-11-59-51(58)48(39-57-62-50-49-37-38-55(10,54(49,8)9)56(50,63-57)43-27-17-12-18-28-43)42(40-60-64(52(2,3)4,44-29-19-13-20-30-44)45-31-21-14-22-32-45)41-61-65(53(5,6)7,46-33-23-15-24-34-46)47-35-25-16-26-36-47/h12-36,49-50H,11,37-41H2,1-10H3/t49-,50-,55-,56-/m1/s1. The van der Waals surface area contributed by atoms with Gasteiger partial charge in [-0.25, -0.2) is 4.79 Å². The van der Waals surface area contributed by atoms with Gasteiger partial charge in [0.15, 0.2) is 0 Å². The Hall–Kier alpha value is -4.35. The summed E-state index contributed by atoms with van der Waals surface area (Å²) in [7, 11) is -6.90. The van der Waals surface area contributed by atoms with Crippen LogP contribution in [0.25, 0.3) is 0 Å². The van der Waals surface area contributed by atoms with E-state index < -0.39 is 35.3 Å². The molecule has 2 saturated carbocycles. The third kappa shape index (κ3) is 7.78. The molecular weight excluding hydrogens is 836 g/mol. The summed E-state index contributed by atoms with van der Waals surface area (Å²) in [6.07, 6.45) is 2.13. The summed E-state index contributed by atoms with van der Waals surface area (Å²) >= 11 is 0. The second-order valence-corrected chi connectivity index (χ2v) is 29.9. The molecule has 0 spiro atoms. The van der Waals surface area contributed by atoms with E-state index in [1.165, 1.54) is 0 Å². The van der Waals surface area contributed by atoms with Gasteiger partial charge in [-0.3, -0.25) is 0 Å². The van der Waals surface area contributed by atoms with E-state index in [9.17, 15) is 4.79 Å². The summed E-state index contributed by atoms with van der Waals surface area (Å²) in [5, 5.41) is 4.04. The normalized spacial score (nSPS) is 22.7. The smallest absolute Gasteiger partial charge is 0.462 e. The molecule has 340 valence electrons. The monoisotopic (exact) mass is 904 g/mol. The van der Waals surface area contributed by atoms with Crippen molar-refractivity contribution < 1.29 is 27.7 Å². The average Bonchev–Trinajstić information content (AvgIpc) is 3.85. The average molecular weight is 905 g/mol. The molecule has 0 unspecified atom stereocenters. The van der Waals surface area contributed by atoms with E-state index >= 15 is 0 Å². The number of esters is 1. The third-order valence-corrected chi connectivity index (χ3v) is 25.8. The molecule has 8 rings (SSSR count). The topological polar surface area (TPSA) is 63.2 Å². The first kappa shape index (κ1) is 47.2. The van der Waals surface area contributed by atoms with Crippen LogP contribution in [0.5, 0.6) is 0 Å². The molecule has 2 bridgehead atoms. The molecule has 1 saturated heterocycles. The molecule has 3 aliphatic rings. The summed E-state index contributed by atoms with van der Waals surface area (Å²) in [5.41, 5.74) is 1.49. The molecule has 6 nitrogen and oxygen atoms in total. The van der Waals surface area contributed by atoms with Gasteiger partial charge in [0, 0.05) is 17.3 Å². The van der Waals surface area contributed by atoms with Gasteiger partial charge in [0.2, 0.25) is 0 Å². The fourth-order valence-corrected chi connectivity index (χ4v) is 21.4. The van der Waals surface area contributed by atoms with Crippen molar-refractivity contribution in [3.63, 3.8) is 0 Å². The lowest BCUT2D eigenvalue weighted by Gasteiger charge is -2.48. The van der Waals surface area contributed by atoms with E-state index in [0.717, 1.165) is 44.7 Å². The van der Waals surface area contributed by atoms with Crippen LogP contribution in [0.1, 0.15) is 87.6 Å². The minimum Gasteiger partial charge on any atom is -0.463 e. The van der Waals surface area contributed by atoms with E-state index in [-0.39, 0.29) is 53.2 Å². The van der Waals surface area contributed by atoms with E-state index in [2.05, 4.69) is 214 Å². The summed E-state index contributed by atoms with van der Waals surface area (Å²) in [6, 6.07) is 53.4. The molecule has 0 aromatic heterocycles. The Morgan fingerprint density at radius 1 is 0.646 bits per heavy atom. The molecule has 1 aliphatic heterocycles. The molecular formula is C56H69BO6Si2. The van der Waals surface area contributed by atoms with E-state index in [1.54, 1.807) is 0 Å². The first-order chi connectivity index (χ1) is 31.0. The molecule has 0 amide bonds. The molecule has 0 N–H and O–H groups in total. The second kappa shape index (κ2) is 18.0. The lowest BCUT2D eigenvalue weighted by atomic mass is 9.61. The zero-order chi connectivity index (χ0) is 46.3. The van der Waals surface area contributed by atoms with Gasteiger partial charge in [-0.05, 0) is 73.1 Å². The summed E-state index contributed by atoms with van der Waals surface area (Å²) in [4.78, 5) is 14.9. The summed E-state index contributed by atoms with van der Waals surface area (Å²) in [5.74, 6) is -0.101.